The number of ether oxygens (including phenoxy) is 1. The summed E-state index contributed by atoms with van der Waals surface area (Å²) in [5.41, 5.74) is 3.62. The fourth-order valence-electron chi connectivity index (χ4n) is 4.32. The second-order valence-electron chi connectivity index (χ2n) is 7.41. The third kappa shape index (κ3) is 3.22. The molecule has 2 fully saturated rings. The molecule has 2 saturated heterocycles. The second-order valence-corrected chi connectivity index (χ2v) is 7.41. The fraction of sp³-hybridized carbons (Fsp3) is 0.450. The van der Waals surface area contributed by atoms with Crippen LogP contribution in [-0.4, -0.2) is 44.8 Å². The Kier molecular flexibility index (Phi) is 4.88. The van der Waals surface area contributed by atoms with Crippen LogP contribution in [0.3, 0.4) is 0 Å². The average Bonchev–Trinajstić information content (AvgIpc) is 3.29. The summed E-state index contributed by atoms with van der Waals surface area (Å²) in [5.74, 6) is 0.889. The largest absolute Gasteiger partial charge is 0.373 e. The first-order valence-corrected chi connectivity index (χ1v) is 9.35. The van der Waals surface area contributed by atoms with E-state index >= 15 is 0 Å². The topological polar surface area (TPSA) is 64.9 Å². The third-order valence-corrected chi connectivity index (χ3v) is 5.72. The molecule has 5 rings (SSSR count). The summed E-state index contributed by atoms with van der Waals surface area (Å²) in [4.78, 5) is 14.2. The molecular weight excluding hydrogens is 362 g/mol. The quantitative estimate of drug-likeness (QED) is 0.733. The second kappa shape index (κ2) is 7.19. The molecule has 7 heteroatoms. The van der Waals surface area contributed by atoms with Gasteiger partial charge >= 0.3 is 0 Å². The van der Waals surface area contributed by atoms with Gasteiger partial charge in [-0.05, 0) is 51.4 Å². The molecule has 1 atom stereocenters. The van der Waals surface area contributed by atoms with Crippen LogP contribution in [0.4, 0.5) is 0 Å². The third-order valence-electron chi connectivity index (χ3n) is 5.72. The van der Waals surface area contributed by atoms with E-state index in [0.717, 1.165) is 67.2 Å². The van der Waals surface area contributed by atoms with Gasteiger partial charge in [-0.2, -0.15) is 0 Å². The fourth-order valence-corrected chi connectivity index (χ4v) is 4.32. The number of benzene rings is 1. The van der Waals surface area contributed by atoms with E-state index in [1.807, 2.05) is 37.4 Å². The van der Waals surface area contributed by atoms with Gasteiger partial charge in [-0.15, -0.1) is 12.4 Å². The lowest BCUT2D eigenvalue weighted by atomic mass is 9.88. The van der Waals surface area contributed by atoms with Crippen molar-refractivity contribution in [1.82, 2.24) is 24.8 Å². The first kappa shape index (κ1) is 18.3. The van der Waals surface area contributed by atoms with Crippen LogP contribution in [0.25, 0.3) is 22.6 Å². The van der Waals surface area contributed by atoms with Crippen molar-refractivity contribution in [2.45, 2.75) is 37.8 Å². The highest BCUT2D eigenvalue weighted by atomic mass is 35.5. The minimum absolute atomic E-state index is 0. The lowest BCUT2D eigenvalue weighted by molar-refractivity contribution is -0.0195. The van der Waals surface area contributed by atoms with Crippen LogP contribution in [0, 0.1) is 6.92 Å². The molecular formula is C20H24ClN5O. The lowest BCUT2D eigenvalue weighted by Gasteiger charge is -2.33. The highest BCUT2D eigenvalue weighted by Crippen LogP contribution is 2.40. The maximum absolute atomic E-state index is 6.28. The molecule has 0 saturated carbocycles. The van der Waals surface area contributed by atoms with Gasteiger partial charge in [-0.1, -0.05) is 12.1 Å². The van der Waals surface area contributed by atoms with E-state index in [1.165, 1.54) is 0 Å². The Hall–Kier alpha value is -2.02. The molecule has 2 aromatic heterocycles. The molecule has 0 radical (unpaired) electrons. The summed E-state index contributed by atoms with van der Waals surface area (Å²) in [6.45, 7) is 4.83. The zero-order valence-electron chi connectivity index (χ0n) is 15.4. The molecule has 2 aliphatic heterocycles. The highest BCUT2D eigenvalue weighted by molar-refractivity contribution is 5.85. The van der Waals surface area contributed by atoms with E-state index in [0.29, 0.717) is 6.04 Å². The van der Waals surface area contributed by atoms with Crippen LogP contribution in [0.5, 0.6) is 0 Å². The molecule has 142 valence electrons. The number of hydrogen-bond donors (Lipinski definition) is 1. The van der Waals surface area contributed by atoms with Crippen molar-refractivity contribution in [2.24, 2.45) is 0 Å². The Balaban J connectivity index is 0.00000180. The Morgan fingerprint density at radius 2 is 1.89 bits per heavy atom. The molecule has 0 amide bonds. The first-order chi connectivity index (χ1) is 12.7. The zero-order valence-corrected chi connectivity index (χ0v) is 16.2. The summed E-state index contributed by atoms with van der Waals surface area (Å²) < 4.78 is 8.52. The Morgan fingerprint density at radius 1 is 1.15 bits per heavy atom. The van der Waals surface area contributed by atoms with E-state index in [-0.39, 0.29) is 18.0 Å². The van der Waals surface area contributed by atoms with E-state index < -0.39 is 0 Å². The number of imidazole rings is 1. The summed E-state index contributed by atoms with van der Waals surface area (Å²) in [7, 11) is 0. The van der Waals surface area contributed by atoms with Crippen molar-refractivity contribution >= 4 is 23.4 Å². The Bertz CT molecular complexity index is 950. The van der Waals surface area contributed by atoms with Crippen LogP contribution in [-0.2, 0) is 4.74 Å². The maximum Gasteiger partial charge on any atom is 0.160 e. The Labute approximate surface area is 164 Å². The molecule has 4 heterocycles. The van der Waals surface area contributed by atoms with Gasteiger partial charge in [0, 0.05) is 12.4 Å². The van der Waals surface area contributed by atoms with Crippen molar-refractivity contribution in [3.8, 4) is 11.5 Å². The molecule has 0 aliphatic carbocycles. The van der Waals surface area contributed by atoms with E-state index in [4.69, 9.17) is 14.7 Å². The number of aromatic nitrogens is 4. The molecule has 1 unspecified atom stereocenters. The van der Waals surface area contributed by atoms with Gasteiger partial charge in [0.1, 0.15) is 5.69 Å². The summed E-state index contributed by atoms with van der Waals surface area (Å²) in [6, 6.07) is 8.29. The number of nitrogens with one attached hydrogen (secondary N) is 1. The standard InChI is InChI=1S/C20H23N5O.ClH/c1-14-18(24-17-5-3-2-4-16(17)23-14)19-22-10-11-25(19)15-12-20(26-13-15)6-8-21-9-7-20;/h2-5,10-11,15,21H,6-9,12-13H2,1H3;1H. The minimum atomic E-state index is 0. The number of fused-ring (bicyclic) bond motifs is 1. The zero-order chi connectivity index (χ0) is 17.6. The summed E-state index contributed by atoms with van der Waals surface area (Å²) in [6.07, 6.45) is 7.13. The van der Waals surface area contributed by atoms with Crippen LogP contribution >= 0.6 is 12.4 Å². The first-order valence-electron chi connectivity index (χ1n) is 9.35. The van der Waals surface area contributed by atoms with Gasteiger partial charge < -0.3 is 14.6 Å². The normalized spacial score (nSPS) is 21.4. The molecule has 1 N–H and O–H groups in total. The van der Waals surface area contributed by atoms with E-state index in [2.05, 4.69) is 21.1 Å². The van der Waals surface area contributed by atoms with Gasteiger partial charge in [0.15, 0.2) is 5.82 Å². The predicted octanol–water partition coefficient (Wildman–Crippen LogP) is 3.31. The van der Waals surface area contributed by atoms with Crippen molar-refractivity contribution in [3.05, 3.63) is 42.4 Å². The molecule has 3 aromatic rings. The number of hydrogen-bond acceptors (Lipinski definition) is 5. The maximum atomic E-state index is 6.28. The van der Waals surface area contributed by atoms with Crippen LogP contribution in [0.15, 0.2) is 36.7 Å². The van der Waals surface area contributed by atoms with E-state index in [9.17, 15) is 0 Å². The molecule has 27 heavy (non-hydrogen) atoms. The minimum Gasteiger partial charge on any atom is -0.373 e. The molecule has 2 aliphatic rings. The highest BCUT2D eigenvalue weighted by Gasteiger charge is 2.42. The van der Waals surface area contributed by atoms with Gasteiger partial charge in [0.05, 0.1) is 35.0 Å². The van der Waals surface area contributed by atoms with Crippen LogP contribution in [0.2, 0.25) is 0 Å². The van der Waals surface area contributed by atoms with Crippen molar-refractivity contribution in [2.75, 3.05) is 19.7 Å². The van der Waals surface area contributed by atoms with E-state index in [1.54, 1.807) is 0 Å². The monoisotopic (exact) mass is 385 g/mol. The molecule has 0 bridgehead atoms. The number of nitrogens with zero attached hydrogens (tertiary/aromatic N) is 4. The molecule has 6 nitrogen and oxygen atoms in total. The van der Waals surface area contributed by atoms with Gasteiger partial charge in [-0.3, -0.25) is 0 Å². The number of rotatable bonds is 2. The summed E-state index contributed by atoms with van der Waals surface area (Å²) >= 11 is 0. The lowest BCUT2D eigenvalue weighted by Crippen LogP contribution is -2.41. The van der Waals surface area contributed by atoms with Crippen LogP contribution in [0.1, 0.15) is 31.0 Å². The Morgan fingerprint density at radius 3 is 2.67 bits per heavy atom. The van der Waals surface area contributed by atoms with Gasteiger partial charge in [0.25, 0.3) is 0 Å². The predicted molar refractivity (Wildman–Crippen MR) is 107 cm³/mol. The van der Waals surface area contributed by atoms with Crippen molar-refractivity contribution in [1.29, 1.82) is 0 Å². The smallest absolute Gasteiger partial charge is 0.160 e. The number of aryl methyl sites for hydroxylation is 1. The number of piperidine rings is 1. The molecule has 1 spiro atoms. The van der Waals surface area contributed by atoms with Gasteiger partial charge in [-0.25, -0.2) is 15.0 Å². The van der Waals surface area contributed by atoms with Crippen molar-refractivity contribution in [3.63, 3.8) is 0 Å². The summed E-state index contributed by atoms with van der Waals surface area (Å²) in [5, 5.41) is 3.43. The van der Waals surface area contributed by atoms with Crippen molar-refractivity contribution < 1.29 is 4.74 Å². The van der Waals surface area contributed by atoms with Crippen LogP contribution < -0.4 is 5.32 Å². The average molecular weight is 386 g/mol. The number of halogens is 1. The molecule has 1 aromatic carbocycles. The SMILES string of the molecule is Cc1nc2ccccc2nc1-c1nccn1C1COC2(CCNCC2)C1.Cl. The van der Waals surface area contributed by atoms with Gasteiger partial charge in [0.2, 0.25) is 0 Å². The number of para-hydroxylation sites is 2.